The van der Waals surface area contributed by atoms with Gasteiger partial charge in [0, 0.05) is 29.3 Å². The minimum Gasteiger partial charge on any atom is -0.493 e. The number of Topliss-reactive ketones (excluding diaryl/α,β-unsaturated/α-hetero) is 1. The van der Waals surface area contributed by atoms with E-state index >= 15 is 0 Å². The summed E-state index contributed by atoms with van der Waals surface area (Å²) < 4.78 is 17.1. The maximum absolute atomic E-state index is 13.7. The van der Waals surface area contributed by atoms with Gasteiger partial charge in [-0.05, 0) is 62.8 Å². The van der Waals surface area contributed by atoms with E-state index in [4.69, 9.17) is 14.2 Å². The minimum absolute atomic E-state index is 0.0387. The Bertz CT molecular complexity index is 1200. The van der Waals surface area contributed by atoms with Crippen LogP contribution in [0.15, 0.2) is 71.1 Å². The molecule has 1 heterocycles. The van der Waals surface area contributed by atoms with Gasteiger partial charge < -0.3 is 19.5 Å². The molecule has 6 nitrogen and oxygen atoms in total. The van der Waals surface area contributed by atoms with Crippen LogP contribution in [-0.4, -0.2) is 31.6 Å². The van der Waals surface area contributed by atoms with Crippen LogP contribution < -0.4 is 14.8 Å². The van der Waals surface area contributed by atoms with Gasteiger partial charge in [0.25, 0.3) is 0 Å². The predicted molar refractivity (Wildman–Crippen MR) is 139 cm³/mol. The van der Waals surface area contributed by atoms with E-state index in [0.29, 0.717) is 54.2 Å². The second-order valence-corrected chi connectivity index (χ2v) is 9.40. The number of rotatable bonds is 8. The molecule has 0 unspecified atom stereocenters. The first kappa shape index (κ1) is 25.5. The fraction of sp³-hybridized carbons (Fsp3) is 0.400. The number of ether oxygens (including phenoxy) is 3. The number of esters is 1. The van der Waals surface area contributed by atoms with Crippen molar-refractivity contribution in [1.29, 1.82) is 0 Å². The van der Waals surface area contributed by atoms with Gasteiger partial charge in [-0.15, -0.1) is 0 Å². The molecule has 0 saturated carbocycles. The summed E-state index contributed by atoms with van der Waals surface area (Å²) in [6.45, 7) is 8.15. The Balaban J connectivity index is 1.82. The third kappa shape index (κ3) is 5.03. The fourth-order valence-corrected chi connectivity index (χ4v) is 5.07. The summed E-state index contributed by atoms with van der Waals surface area (Å²) >= 11 is 0. The topological polar surface area (TPSA) is 73.9 Å². The van der Waals surface area contributed by atoms with Gasteiger partial charge in [0.2, 0.25) is 0 Å². The summed E-state index contributed by atoms with van der Waals surface area (Å²) in [6, 6.07) is 15.7. The summed E-state index contributed by atoms with van der Waals surface area (Å²) in [4.78, 5) is 27.2. The van der Waals surface area contributed by atoms with E-state index in [0.717, 1.165) is 16.8 Å². The first-order valence-electron chi connectivity index (χ1n) is 12.7. The van der Waals surface area contributed by atoms with Gasteiger partial charge >= 0.3 is 5.97 Å². The smallest absolute Gasteiger partial charge is 0.337 e. The number of nitrogens with one attached hydrogen (secondary N) is 1. The van der Waals surface area contributed by atoms with Crippen LogP contribution in [0.1, 0.15) is 69.9 Å². The van der Waals surface area contributed by atoms with Crippen molar-refractivity contribution in [2.45, 2.75) is 64.9 Å². The highest BCUT2D eigenvalue weighted by Gasteiger charge is 2.42. The van der Waals surface area contributed by atoms with Crippen LogP contribution in [-0.2, 0) is 14.3 Å². The number of hydrogen-bond acceptors (Lipinski definition) is 6. The number of methoxy groups -OCH3 is 1. The van der Waals surface area contributed by atoms with E-state index in [1.807, 2.05) is 64.1 Å². The van der Waals surface area contributed by atoms with Crippen molar-refractivity contribution in [3.05, 3.63) is 82.2 Å². The molecule has 0 amide bonds. The van der Waals surface area contributed by atoms with Crippen molar-refractivity contribution in [3.8, 4) is 11.5 Å². The van der Waals surface area contributed by atoms with Gasteiger partial charge in [-0.1, -0.05) is 43.3 Å². The largest absolute Gasteiger partial charge is 0.493 e. The Kier molecular flexibility index (Phi) is 7.82. The van der Waals surface area contributed by atoms with Crippen molar-refractivity contribution in [1.82, 2.24) is 5.32 Å². The molecule has 0 saturated heterocycles. The molecule has 0 bridgehead atoms. The molecule has 0 spiro atoms. The number of benzene rings is 2. The summed E-state index contributed by atoms with van der Waals surface area (Å²) in [5.74, 6) is 0.352. The summed E-state index contributed by atoms with van der Waals surface area (Å²) in [6.07, 6.45) is 1.56. The molecule has 2 aromatic carbocycles. The number of allylic oxidation sites excluding steroid dienone is 3. The van der Waals surface area contributed by atoms with Crippen LogP contribution in [0.5, 0.6) is 11.5 Å². The monoisotopic (exact) mass is 489 g/mol. The highest BCUT2D eigenvalue weighted by Crippen LogP contribution is 2.47. The third-order valence-electron chi connectivity index (χ3n) is 7.02. The van der Waals surface area contributed by atoms with E-state index < -0.39 is 11.9 Å². The zero-order chi connectivity index (χ0) is 25.8. The average molecular weight is 490 g/mol. The summed E-state index contributed by atoms with van der Waals surface area (Å²) in [5, 5.41) is 3.41. The lowest BCUT2D eigenvalue weighted by molar-refractivity contribution is -0.144. The fourth-order valence-electron chi connectivity index (χ4n) is 5.07. The maximum Gasteiger partial charge on any atom is 0.337 e. The molecule has 0 radical (unpaired) electrons. The van der Waals surface area contributed by atoms with Crippen LogP contribution in [0.3, 0.4) is 0 Å². The van der Waals surface area contributed by atoms with Gasteiger partial charge in [0.05, 0.1) is 25.4 Å². The second-order valence-electron chi connectivity index (χ2n) is 9.40. The lowest BCUT2D eigenvalue weighted by atomic mass is 9.71. The molecular weight excluding hydrogens is 454 g/mol. The average Bonchev–Trinajstić information content (AvgIpc) is 2.88. The molecule has 4 rings (SSSR count). The molecule has 2 aromatic rings. The molecule has 6 heteroatoms. The van der Waals surface area contributed by atoms with Gasteiger partial charge in [-0.2, -0.15) is 0 Å². The Morgan fingerprint density at radius 2 is 1.81 bits per heavy atom. The highest BCUT2D eigenvalue weighted by molar-refractivity contribution is 6.04. The van der Waals surface area contributed by atoms with E-state index in [1.165, 1.54) is 0 Å². The SMILES string of the molecule is CCOc1ccc([C@@H]2C(C(=O)O[C@@H](C)CC)=C(C)NC3=C2C(=O)C[C@@H](c2ccccc2)C3)cc1OC. The van der Waals surface area contributed by atoms with Crippen molar-refractivity contribution < 1.29 is 23.8 Å². The Morgan fingerprint density at radius 3 is 2.47 bits per heavy atom. The standard InChI is InChI=1S/C30H35NO5/c1-6-18(3)36-30(33)27-19(4)31-23-15-22(20-11-9-8-10-12-20)16-24(32)29(23)28(27)21-13-14-25(35-7-2)26(17-21)34-5/h8-14,17-18,22,28,31H,6-7,15-16H2,1-5H3/t18-,22-,28+/m0/s1. The maximum atomic E-state index is 13.7. The Morgan fingerprint density at radius 1 is 1.06 bits per heavy atom. The summed E-state index contributed by atoms with van der Waals surface area (Å²) in [5.41, 5.74) is 4.62. The van der Waals surface area contributed by atoms with E-state index in [1.54, 1.807) is 7.11 Å². The second kappa shape index (κ2) is 11.0. The number of carbonyl (C=O) groups excluding carboxylic acids is 2. The normalized spacial score (nSPS) is 20.4. The molecular formula is C30H35NO5. The zero-order valence-corrected chi connectivity index (χ0v) is 21.7. The van der Waals surface area contributed by atoms with E-state index in [9.17, 15) is 9.59 Å². The van der Waals surface area contributed by atoms with Crippen LogP contribution in [0.4, 0.5) is 0 Å². The van der Waals surface area contributed by atoms with Crippen molar-refractivity contribution in [3.63, 3.8) is 0 Å². The van der Waals surface area contributed by atoms with Gasteiger partial charge in [0.1, 0.15) is 0 Å². The van der Waals surface area contributed by atoms with Crippen LogP contribution in [0, 0.1) is 0 Å². The Hall–Kier alpha value is -3.54. The molecule has 3 atom stereocenters. The molecule has 0 fully saturated rings. The van der Waals surface area contributed by atoms with Gasteiger partial charge in [0.15, 0.2) is 17.3 Å². The predicted octanol–water partition coefficient (Wildman–Crippen LogP) is 5.80. The molecule has 190 valence electrons. The highest BCUT2D eigenvalue weighted by atomic mass is 16.5. The summed E-state index contributed by atoms with van der Waals surface area (Å²) in [7, 11) is 1.59. The van der Waals surface area contributed by atoms with Crippen LogP contribution >= 0.6 is 0 Å². The van der Waals surface area contributed by atoms with Crippen molar-refractivity contribution in [2.24, 2.45) is 0 Å². The number of ketones is 1. The molecule has 1 aliphatic heterocycles. The quantitative estimate of drug-likeness (QED) is 0.473. The lowest BCUT2D eigenvalue weighted by Gasteiger charge is -2.37. The number of dihydropyridines is 1. The van der Waals surface area contributed by atoms with E-state index in [2.05, 4.69) is 17.4 Å². The lowest BCUT2D eigenvalue weighted by Crippen LogP contribution is -2.36. The van der Waals surface area contributed by atoms with Crippen molar-refractivity contribution >= 4 is 11.8 Å². The first-order chi connectivity index (χ1) is 17.4. The zero-order valence-electron chi connectivity index (χ0n) is 21.7. The minimum atomic E-state index is -0.549. The third-order valence-corrected chi connectivity index (χ3v) is 7.02. The molecule has 36 heavy (non-hydrogen) atoms. The molecule has 2 aliphatic rings. The van der Waals surface area contributed by atoms with Crippen LogP contribution in [0.2, 0.25) is 0 Å². The molecule has 1 aliphatic carbocycles. The van der Waals surface area contributed by atoms with Crippen molar-refractivity contribution in [2.75, 3.05) is 13.7 Å². The number of carbonyl (C=O) groups is 2. The number of hydrogen-bond donors (Lipinski definition) is 1. The van der Waals surface area contributed by atoms with Gasteiger partial charge in [-0.25, -0.2) is 4.79 Å². The van der Waals surface area contributed by atoms with E-state index in [-0.39, 0.29) is 17.8 Å². The first-order valence-corrected chi connectivity index (χ1v) is 12.7. The van der Waals surface area contributed by atoms with Crippen LogP contribution in [0.25, 0.3) is 0 Å². The molecule has 1 N–H and O–H groups in total. The Labute approximate surface area is 213 Å². The molecule has 0 aromatic heterocycles. The van der Waals surface area contributed by atoms with Gasteiger partial charge in [-0.3, -0.25) is 4.79 Å².